The van der Waals surface area contributed by atoms with Gasteiger partial charge in [0.05, 0.1) is 6.61 Å². The minimum absolute atomic E-state index is 0.261. The molecule has 4 nitrogen and oxygen atoms in total. The normalized spacial score (nSPS) is 14.6. The Balaban J connectivity index is 2.59. The minimum Gasteiger partial charge on any atom is -0.439 e. The summed E-state index contributed by atoms with van der Waals surface area (Å²) < 4.78 is 10.5. The second-order valence-corrected chi connectivity index (χ2v) is 3.12. The van der Waals surface area contributed by atoms with E-state index < -0.39 is 5.97 Å². The van der Waals surface area contributed by atoms with Gasteiger partial charge in [-0.3, -0.25) is 0 Å². The van der Waals surface area contributed by atoms with Crippen LogP contribution >= 0.6 is 0 Å². The van der Waals surface area contributed by atoms with Crippen molar-refractivity contribution >= 4 is 0 Å². The number of rotatable bonds is 6. The molecule has 0 aliphatic heterocycles. The van der Waals surface area contributed by atoms with Crippen molar-refractivity contribution in [2.75, 3.05) is 13.2 Å². The third-order valence-corrected chi connectivity index (χ3v) is 1.91. The van der Waals surface area contributed by atoms with Crippen LogP contribution in [0.5, 0.6) is 5.75 Å². The zero-order chi connectivity index (χ0) is 11.1. The molecular weight excluding hydrogens is 194 g/mol. The fourth-order valence-corrected chi connectivity index (χ4v) is 1.09. The van der Waals surface area contributed by atoms with E-state index in [1.54, 1.807) is 19.1 Å². The summed E-state index contributed by atoms with van der Waals surface area (Å²) in [6.45, 7) is 2.39. The lowest BCUT2D eigenvalue weighted by Gasteiger charge is -2.27. The molecule has 1 rings (SSSR count). The largest absolute Gasteiger partial charge is 0.439 e. The Morgan fingerprint density at radius 3 is 2.53 bits per heavy atom. The molecule has 1 aromatic rings. The van der Waals surface area contributed by atoms with E-state index in [9.17, 15) is 5.11 Å². The summed E-state index contributed by atoms with van der Waals surface area (Å²) in [5.41, 5.74) is 5.29. The molecule has 15 heavy (non-hydrogen) atoms. The van der Waals surface area contributed by atoms with Crippen molar-refractivity contribution in [3.63, 3.8) is 0 Å². The van der Waals surface area contributed by atoms with E-state index in [1.165, 1.54) is 0 Å². The average Bonchev–Trinajstić information content (AvgIpc) is 2.28. The first-order valence-corrected chi connectivity index (χ1v) is 5.00. The standard InChI is InChI=1S/C11H17NO3/c1-2-11(13,14-9-8-12)15-10-6-4-3-5-7-10/h3-7,13H,2,8-9,12H2,1H3. The topological polar surface area (TPSA) is 64.7 Å². The molecule has 0 bridgehead atoms. The van der Waals surface area contributed by atoms with E-state index in [4.69, 9.17) is 15.2 Å². The number of nitrogens with two attached hydrogens (primary N) is 1. The lowest BCUT2D eigenvalue weighted by Crippen LogP contribution is -2.39. The molecule has 0 heterocycles. The molecule has 0 spiro atoms. The Morgan fingerprint density at radius 2 is 2.00 bits per heavy atom. The summed E-state index contributed by atoms with van der Waals surface area (Å²) in [6, 6.07) is 9.04. The SMILES string of the molecule is CCC(O)(OCCN)Oc1ccccc1. The van der Waals surface area contributed by atoms with E-state index in [-0.39, 0.29) is 6.61 Å². The molecule has 0 radical (unpaired) electrons. The van der Waals surface area contributed by atoms with E-state index in [2.05, 4.69) is 0 Å². The van der Waals surface area contributed by atoms with Crippen LogP contribution < -0.4 is 10.5 Å². The smallest absolute Gasteiger partial charge is 0.324 e. The molecule has 1 atom stereocenters. The van der Waals surface area contributed by atoms with Crippen LogP contribution in [0.15, 0.2) is 30.3 Å². The first-order chi connectivity index (χ1) is 7.20. The highest BCUT2D eigenvalue weighted by molar-refractivity contribution is 5.21. The monoisotopic (exact) mass is 211 g/mol. The zero-order valence-electron chi connectivity index (χ0n) is 8.85. The highest BCUT2D eigenvalue weighted by Crippen LogP contribution is 2.19. The van der Waals surface area contributed by atoms with Gasteiger partial charge in [-0.15, -0.1) is 0 Å². The van der Waals surface area contributed by atoms with Crippen LogP contribution in [0.1, 0.15) is 13.3 Å². The molecule has 0 saturated carbocycles. The molecule has 1 aromatic carbocycles. The predicted octanol–water partition coefficient (Wildman–Crippen LogP) is 1.10. The van der Waals surface area contributed by atoms with Crippen molar-refractivity contribution in [3.8, 4) is 5.75 Å². The number of hydrogen-bond acceptors (Lipinski definition) is 4. The number of para-hydroxylation sites is 1. The maximum atomic E-state index is 9.90. The lowest BCUT2D eigenvalue weighted by atomic mass is 10.3. The van der Waals surface area contributed by atoms with Crippen molar-refractivity contribution < 1.29 is 14.6 Å². The maximum absolute atomic E-state index is 9.90. The molecule has 84 valence electrons. The van der Waals surface area contributed by atoms with Crippen LogP contribution in [0.3, 0.4) is 0 Å². The zero-order valence-corrected chi connectivity index (χ0v) is 8.85. The molecule has 0 aliphatic carbocycles. The van der Waals surface area contributed by atoms with Gasteiger partial charge in [-0.2, -0.15) is 0 Å². The number of benzene rings is 1. The van der Waals surface area contributed by atoms with Gasteiger partial charge in [0.1, 0.15) is 5.75 Å². The number of hydrogen-bond donors (Lipinski definition) is 2. The van der Waals surface area contributed by atoms with E-state index in [0.29, 0.717) is 18.7 Å². The number of ether oxygens (including phenoxy) is 2. The molecule has 0 amide bonds. The lowest BCUT2D eigenvalue weighted by molar-refractivity contribution is -0.319. The summed E-state index contributed by atoms with van der Waals surface area (Å²) in [5.74, 6) is -1.01. The van der Waals surface area contributed by atoms with Gasteiger partial charge in [-0.25, -0.2) is 0 Å². The quantitative estimate of drug-likeness (QED) is 0.691. The van der Waals surface area contributed by atoms with Crippen LogP contribution in [-0.2, 0) is 4.74 Å². The predicted molar refractivity (Wildman–Crippen MR) is 57.3 cm³/mol. The maximum Gasteiger partial charge on any atom is 0.324 e. The summed E-state index contributed by atoms with van der Waals surface area (Å²) in [5, 5.41) is 9.90. The molecule has 0 aromatic heterocycles. The van der Waals surface area contributed by atoms with Crippen LogP contribution in [0.25, 0.3) is 0 Å². The van der Waals surface area contributed by atoms with Crippen LogP contribution in [0.4, 0.5) is 0 Å². The fraction of sp³-hybridized carbons (Fsp3) is 0.455. The van der Waals surface area contributed by atoms with Crippen LogP contribution in [0, 0.1) is 0 Å². The summed E-state index contributed by atoms with van der Waals surface area (Å²) in [4.78, 5) is 0. The van der Waals surface area contributed by atoms with Gasteiger partial charge in [0, 0.05) is 13.0 Å². The Kier molecular flexibility index (Phi) is 4.55. The van der Waals surface area contributed by atoms with Gasteiger partial charge in [-0.05, 0) is 12.1 Å². The van der Waals surface area contributed by atoms with Crippen molar-refractivity contribution in [2.24, 2.45) is 5.73 Å². The Morgan fingerprint density at radius 1 is 1.33 bits per heavy atom. The molecule has 0 fully saturated rings. The molecule has 4 heteroatoms. The van der Waals surface area contributed by atoms with Gasteiger partial charge < -0.3 is 20.3 Å². The molecule has 0 saturated heterocycles. The second kappa shape index (κ2) is 5.70. The highest BCUT2D eigenvalue weighted by atomic mass is 16.8. The molecule has 3 N–H and O–H groups in total. The summed E-state index contributed by atoms with van der Waals surface area (Å²) in [7, 11) is 0. The molecule has 0 aliphatic rings. The van der Waals surface area contributed by atoms with Crippen LogP contribution in [0.2, 0.25) is 0 Å². The van der Waals surface area contributed by atoms with Gasteiger partial charge in [0.25, 0.3) is 0 Å². The highest BCUT2D eigenvalue weighted by Gasteiger charge is 2.27. The van der Waals surface area contributed by atoms with Crippen LogP contribution in [-0.4, -0.2) is 24.2 Å². The Bertz CT molecular complexity index is 278. The van der Waals surface area contributed by atoms with Gasteiger partial charge in [0.2, 0.25) is 0 Å². The van der Waals surface area contributed by atoms with Crippen molar-refractivity contribution in [3.05, 3.63) is 30.3 Å². The van der Waals surface area contributed by atoms with Gasteiger partial charge >= 0.3 is 5.97 Å². The first kappa shape index (κ1) is 12.0. The van der Waals surface area contributed by atoms with Crippen molar-refractivity contribution in [2.45, 2.75) is 19.3 Å². The first-order valence-electron chi connectivity index (χ1n) is 5.00. The second-order valence-electron chi connectivity index (χ2n) is 3.12. The third-order valence-electron chi connectivity index (χ3n) is 1.91. The fourth-order valence-electron chi connectivity index (χ4n) is 1.09. The number of aliphatic hydroxyl groups is 1. The minimum atomic E-state index is -1.58. The Hall–Kier alpha value is -1.10. The summed E-state index contributed by atoms with van der Waals surface area (Å²) >= 11 is 0. The van der Waals surface area contributed by atoms with E-state index in [1.807, 2.05) is 18.2 Å². The van der Waals surface area contributed by atoms with Crippen molar-refractivity contribution in [1.29, 1.82) is 0 Å². The summed E-state index contributed by atoms with van der Waals surface area (Å²) in [6.07, 6.45) is 0.335. The molecular formula is C11H17NO3. The van der Waals surface area contributed by atoms with E-state index >= 15 is 0 Å². The molecule has 1 unspecified atom stereocenters. The van der Waals surface area contributed by atoms with E-state index in [0.717, 1.165) is 0 Å². The van der Waals surface area contributed by atoms with Gasteiger partial charge in [0.15, 0.2) is 0 Å². The van der Waals surface area contributed by atoms with Gasteiger partial charge in [-0.1, -0.05) is 25.1 Å². The van der Waals surface area contributed by atoms with Crippen molar-refractivity contribution in [1.82, 2.24) is 0 Å². The Labute approximate surface area is 89.6 Å². The average molecular weight is 211 g/mol. The third kappa shape index (κ3) is 3.87.